The van der Waals surface area contributed by atoms with Crippen LogP contribution in [0.2, 0.25) is 0 Å². The molecule has 4 heterocycles. The molecule has 1 aromatic carbocycles. The minimum atomic E-state index is 0.0107. The molecule has 5 heteroatoms. The van der Waals surface area contributed by atoms with Crippen molar-refractivity contribution in [1.29, 1.82) is 0 Å². The highest BCUT2D eigenvalue weighted by molar-refractivity contribution is 7.17. The quantitative estimate of drug-likeness (QED) is 0.850. The van der Waals surface area contributed by atoms with Crippen LogP contribution in [0, 0.1) is 5.92 Å². The molecule has 4 nitrogen and oxygen atoms in total. The van der Waals surface area contributed by atoms with Crippen LogP contribution in [0.4, 0.5) is 0 Å². The first-order valence-electron chi connectivity index (χ1n) is 8.86. The normalized spacial score (nSPS) is 24.9. The monoisotopic (exact) mass is 354 g/mol. The Hall–Kier alpha value is -1.98. The molecule has 5 rings (SSSR count). The maximum absolute atomic E-state index is 12.6. The van der Waals surface area contributed by atoms with Crippen molar-refractivity contribution in [1.82, 2.24) is 10.2 Å². The Kier molecular flexibility index (Phi) is 4.44. The average Bonchev–Trinajstić information content (AvgIpc) is 3.13. The number of amides is 1. The summed E-state index contributed by atoms with van der Waals surface area (Å²) in [6.45, 7) is 3.77. The third-order valence-corrected chi connectivity index (χ3v) is 6.46. The van der Waals surface area contributed by atoms with Crippen LogP contribution in [-0.2, 0) is 0 Å². The summed E-state index contributed by atoms with van der Waals surface area (Å²) < 4.78 is 0. The number of ketones is 1. The molecule has 0 saturated carbocycles. The Labute approximate surface area is 151 Å². The van der Waals surface area contributed by atoms with Gasteiger partial charge >= 0.3 is 0 Å². The van der Waals surface area contributed by atoms with Gasteiger partial charge in [-0.1, -0.05) is 18.2 Å². The molecule has 2 aromatic rings. The van der Waals surface area contributed by atoms with Crippen LogP contribution in [0.5, 0.6) is 0 Å². The summed E-state index contributed by atoms with van der Waals surface area (Å²) in [4.78, 5) is 28.3. The first-order chi connectivity index (χ1) is 12.1. The van der Waals surface area contributed by atoms with Crippen LogP contribution in [0.25, 0.3) is 10.4 Å². The molecule has 1 N–H and O–H groups in total. The minimum absolute atomic E-state index is 0.0107. The van der Waals surface area contributed by atoms with Crippen LogP contribution < -0.4 is 5.32 Å². The summed E-state index contributed by atoms with van der Waals surface area (Å²) in [5, 5.41) is 3.20. The molecule has 1 unspecified atom stereocenters. The van der Waals surface area contributed by atoms with Crippen LogP contribution in [0.1, 0.15) is 46.2 Å². The molecule has 1 atom stereocenters. The molecule has 1 aromatic heterocycles. The molecule has 1 amide bonds. The van der Waals surface area contributed by atoms with E-state index in [-0.39, 0.29) is 17.9 Å². The summed E-state index contributed by atoms with van der Waals surface area (Å²) in [6.07, 6.45) is 3.79. The molecule has 0 spiro atoms. The van der Waals surface area contributed by atoms with Gasteiger partial charge < -0.3 is 5.32 Å². The first-order valence-corrected chi connectivity index (χ1v) is 9.68. The third kappa shape index (κ3) is 3.39. The van der Waals surface area contributed by atoms with E-state index < -0.39 is 0 Å². The molecule has 0 radical (unpaired) electrons. The molecule has 3 aliphatic rings. The number of nitrogens with one attached hydrogen (secondary N) is 1. The molecular formula is C20H22N2O2S. The number of piperidine rings is 3. The van der Waals surface area contributed by atoms with Gasteiger partial charge in [-0.25, -0.2) is 0 Å². The second-order valence-corrected chi connectivity index (χ2v) is 8.09. The zero-order chi connectivity index (χ0) is 17.4. The predicted molar refractivity (Wildman–Crippen MR) is 99.9 cm³/mol. The van der Waals surface area contributed by atoms with Gasteiger partial charge in [0, 0.05) is 23.5 Å². The van der Waals surface area contributed by atoms with Gasteiger partial charge in [0.05, 0.1) is 11.0 Å². The van der Waals surface area contributed by atoms with E-state index in [1.54, 1.807) is 6.92 Å². The molecule has 3 saturated heterocycles. The van der Waals surface area contributed by atoms with Crippen molar-refractivity contribution < 1.29 is 9.59 Å². The van der Waals surface area contributed by atoms with Crippen molar-refractivity contribution in [3.05, 3.63) is 46.8 Å². The fourth-order valence-electron chi connectivity index (χ4n) is 3.84. The molecule has 0 aliphatic carbocycles. The van der Waals surface area contributed by atoms with Gasteiger partial charge in [-0.15, -0.1) is 11.3 Å². The van der Waals surface area contributed by atoms with Crippen LogP contribution in [-0.4, -0.2) is 35.8 Å². The van der Waals surface area contributed by atoms with Crippen molar-refractivity contribution in [2.45, 2.75) is 32.4 Å². The first kappa shape index (κ1) is 16.5. The lowest BCUT2D eigenvalue weighted by Gasteiger charge is -2.45. The number of nitrogens with zero attached hydrogens (tertiary/aromatic N) is 1. The Morgan fingerprint density at radius 3 is 2.64 bits per heavy atom. The van der Waals surface area contributed by atoms with E-state index in [1.807, 2.05) is 36.4 Å². The van der Waals surface area contributed by atoms with Crippen molar-refractivity contribution in [3.63, 3.8) is 0 Å². The molecule has 3 aliphatic heterocycles. The second-order valence-electron chi connectivity index (χ2n) is 7.01. The number of thiophene rings is 1. The summed E-state index contributed by atoms with van der Waals surface area (Å²) >= 11 is 1.48. The topological polar surface area (TPSA) is 49.4 Å². The highest BCUT2D eigenvalue weighted by Gasteiger charge is 2.34. The fourth-order valence-corrected chi connectivity index (χ4v) is 4.75. The van der Waals surface area contributed by atoms with E-state index in [1.165, 1.54) is 24.2 Å². The van der Waals surface area contributed by atoms with E-state index in [0.717, 1.165) is 40.7 Å². The largest absolute Gasteiger partial charge is 0.336 e. The molecule has 25 heavy (non-hydrogen) atoms. The summed E-state index contributed by atoms with van der Waals surface area (Å²) in [5.74, 6) is 0.831. The van der Waals surface area contributed by atoms with Gasteiger partial charge in [0.1, 0.15) is 0 Å². The van der Waals surface area contributed by atoms with Crippen LogP contribution in [0.3, 0.4) is 0 Å². The third-order valence-electron chi connectivity index (χ3n) is 5.33. The predicted octanol–water partition coefficient (Wildman–Crippen LogP) is 3.79. The number of hydrogen-bond donors (Lipinski definition) is 1. The number of carbonyl (C=O) groups is 2. The number of hydrogen-bond acceptors (Lipinski definition) is 4. The molecule has 130 valence electrons. The van der Waals surface area contributed by atoms with E-state index in [9.17, 15) is 9.59 Å². The van der Waals surface area contributed by atoms with Crippen molar-refractivity contribution in [2.75, 3.05) is 13.1 Å². The van der Waals surface area contributed by atoms with Gasteiger partial charge in [-0.2, -0.15) is 0 Å². The number of Topliss-reactive ketones (excluding diaryl/α,β-unsaturated/α-hetero) is 1. The average molecular weight is 354 g/mol. The molecular weight excluding hydrogens is 332 g/mol. The van der Waals surface area contributed by atoms with Gasteiger partial charge in [0.15, 0.2) is 5.78 Å². The lowest BCUT2D eigenvalue weighted by molar-refractivity contribution is 0.0296. The van der Waals surface area contributed by atoms with E-state index in [2.05, 4.69) is 10.2 Å². The Morgan fingerprint density at radius 1 is 1.16 bits per heavy atom. The van der Waals surface area contributed by atoms with E-state index >= 15 is 0 Å². The fraction of sp³-hybridized carbons (Fsp3) is 0.400. The second kappa shape index (κ2) is 6.73. The number of benzene rings is 1. The molecule has 3 fully saturated rings. The van der Waals surface area contributed by atoms with Crippen molar-refractivity contribution >= 4 is 23.0 Å². The summed E-state index contributed by atoms with van der Waals surface area (Å²) in [7, 11) is 0. The van der Waals surface area contributed by atoms with Gasteiger partial charge in [-0.05, 0) is 55.9 Å². The Balaban J connectivity index is 1.48. The summed E-state index contributed by atoms with van der Waals surface area (Å²) in [6, 6.07) is 11.4. The summed E-state index contributed by atoms with van der Waals surface area (Å²) in [5.41, 5.74) is 1.68. The lowest BCUT2D eigenvalue weighted by atomic mass is 9.86. The SMILES string of the molecule is CC(=O)c1cccc(-c2ccc(C(=O)NC3CC4CCN3CC4)s2)c1. The highest BCUT2D eigenvalue weighted by atomic mass is 32.1. The Bertz CT molecular complexity index is 806. The standard InChI is InChI=1S/C20H22N2O2S/c1-13(23)15-3-2-4-16(12-15)17-5-6-18(25-17)20(24)21-19-11-14-7-9-22(19)10-8-14/h2-6,12,14,19H,7-11H2,1H3,(H,21,24). The minimum Gasteiger partial charge on any atom is -0.336 e. The number of carbonyl (C=O) groups excluding carboxylic acids is 2. The van der Waals surface area contributed by atoms with E-state index in [0.29, 0.717) is 5.56 Å². The molecule has 2 bridgehead atoms. The smallest absolute Gasteiger partial charge is 0.262 e. The maximum atomic E-state index is 12.6. The van der Waals surface area contributed by atoms with Crippen molar-refractivity contribution in [3.8, 4) is 10.4 Å². The Morgan fingerprint density at radius 2 is 1.96 bits per heavy atom. The number of rotatable bonds is 4. The number of fused-ring (bicyclic) bond motifs is 3. The van der Waals surface area contributed by atoms with Crippen molar-refractivity contribution in [2.24, 2.45) is 5.92 Å². The maximum Gasteiger partial charge on any atom is 0.262 e. The van der Waals surface area contributed by atoms with Crippen LogP contribution >= 0.6 is 11.3 Å². The van der Waals surface area contributed by atoms with Gasteiger partial charge in [0.2, 0.25) is 0 Å². The van der Waals surface area contributed by atoms with Gasteiger partial charge in [-0.3, -0.25) is 14.5 Å². The zero-order valence-electron chi connectivity index (χ0n) is 14.3. The van der Waals surface area contributed by atoms with E-state index in [4.69, 9.17) is 0 Å². The van der Waals surface area contributed by atoms with Gasteiger partial charge in [0.25, 0.3) is 5.91 Å². The zero-order valence-corrected chi connectivity index (χ0v) is 15.1. The van der Waals surface area contributed by atoms with Crippen LogP contribution in [0.15, 0.2) is 36.4 Å². The highest BCUT2D eigenvalue weighted by Crippen LogP contribution is 2.32. The lowest BCUT2D eigenvalue weighted by Crippen LogP contribution is -2.56.